The number of hydrogen-bond donors (Lipinski definition) is 1. The largest absolute Gasteiger partial charge is 0.355 e. The lowest BCUT2D eigenvalue weighted by molar-refractivity contribution is -0.121. The molecular weight excluding hydrogens is 398 g/mol. The normalized spacial score (nSPS) is 11.0. The van der Waals surface area contributed by atoms with E-state index in [9.17, 15) is 14.4 Å². The summed E-state index contributed by atoms with van der Waals surface area (Å²) in [7, 11) is 0. The van der Waals surface area contributed by atoms with Crippen LogP contribution in [-0.4, -0.2) is 33.1 Å². The number of fused-ring (bicyclic) bond motifs is 1. The van der Waals surface area contributed by atoms with Crippen LogP contribution >= 0.6 is 11.8 Å². The van der Waals surface area contributed by atoms with Gasteiger partial charge >= 0.3 is 11.1 Å². The van der Waals surface area contributed by atoms with Crippen molar-refractivity contribution in [1.82, 2.24) is 14.5 Å². The van der Waals surface area contributed by atoms with Gasteiger partial charge < -0.3 is 5.32 Å². The van der Waals surface area contributed by atoms with Crippen molar-refractivity contribution in [3.8, 4) is 0 Å². The van der Waals surface area contributed by atoms with Crippen molar-refractivity contribution in [1.29, 1.82) is 0 Å². The first kappa shape index (κ1) is 21.9. The molecule has 6 nitrogen and oxygen atoms in total. The number of benzene rings is 2. The van der Waals surface area contributed by atoms with Gasteiger partial charge in [0.05, 0.1) is 17.6 Å². The molecule has 0 bridgehead atoms. The van der Waals surface area contributed by atoms with Crippen LogP contribution < -0.4 is 16.4 Å². The smallest absolute Gasteiger partial charge is 0.317 e. The Labute approximate surface area is 179 Å². The minimum atomic E-state index is -0.682. The minimum Gasteiger partial charge on any atom is -0.355 e. The molecule has 0 aliphatic rings. The van der Waals surface area contributed by atoms with E-state index in [0.29, 0.717) is 24.1 Å². The van der Waals surface area contributed by atoms with E-state index >= 15 is 0 Å². The average molecular weight is 426 g/mol. The van der Waals surface area contributed by atoms with Gasteiger partial charge in [0.15, 0.2) is 0 Å². The lowest BCUT2D eigenvalue weighted by Gasteiger charge is -2.15. The maximum absolute atomic E-state index is 12.8. The molecule has 1 aromatic heterocycles. The second-order valence-electron chi connectivity index (χ2n) is 7.07. The first-order valence-corrected chi connectivity index (χ1v) is 11.4. The molecule has 3 aromatic rings. The summed E-state index contributed by atoms with van der Waals surface area (Å²) in [6, 6.07) is 16.7. The van der Waals surface area contributed by atoms with Gasteiger partial charge in [0.25, 0.3) is 0 Å². The van der Waals surface area contributed by atoms with Crippen molar-refractivity contribution in [3.05, 3.63) is 80.9 Å². The molecule has 0 aliphatic carbocycles. The first-order valence-electron chi connectivity index (χ1n) is 10.2. The molecule has 2 aromatic carbocycles. The van der Waals surface area contributed by atoms with E-state index in [2.05, 4.69) is 12.2 Å². The van der Waals surface area contributed by atoms with E-state index in [1.807, 2.05) is 48.2 Å². The molecule has 30 heavy (non-hydrogen) atoms. The summed E-state index contributed by atoms with van der Waals surface area (Å²) >= 11 is 1.87. The number of aromatic nitrogens is 2. The number of rotatable bonds is 10. The van der Waals surface area contributed by atoms with Crippen LogP contribution in [0.25, 0.3) is 11.0 Å². The SMILES string of the molecule is CCCSCCCNC(=O)Cn1c(=O)c(=O)n(Cc2ccccc2)c2ccccc21. The quantitative estimate of drug-likeness (QED) is 0.400. The van der Waals surface area contributed by atoms with Crippen molar-refractivity contribution in [3.63, 3.8) is 0 Å². The number of nitrogens with zero attached hydrogens (tertiary/aromatic N) is 2. The number of nitrogens with one attached hydrogen (secondary N) is 1. The topological polar surface area (TPSA) is 73.1 Å². The molecule has 3 rings (SSSR count). The molecule has 0 atom stereocenters. The second kappa shape index (κ2) is 10.8. The Morgan fingerprint density at radius 3 is 2.23 bits per heavy atom. The third kappa shape index (κ3) is 5.42. The fourth-order valence-electron chi connectivity index (χ4n) is 3.30. The summed E-state index contributed by atoms with van der Waals surface area (Å²) in [6.45, 7) is 2.85. The molecule has 1 heterocycles. The summed E-state index contributed by atoms with van der Waals surface area (Å²) in [6.07, 6.45) is 2.02. The van der Waals surface area contributed by atoms with Gasteiger partial charge in [0.2, 0.25) is 5.91 Å². The highest BCUT2D eigenvalue weighted by Gasteiger charge is 2.15. The molecule has 0 radical (unpaired) electrons. The van der Waals surface area contributed by atoms with E-state index in [1.165, 1.54) is 9.13 Å². The standard InChI is InChI=1S/C23H27N3O3S/c1-2-14-30-15-8-13-24-21(27)17-26-20-12-7-6-11-19(20)25(22(28)23(26)29)16-18-9-4-3-5-10-18/h3-7,9-12H,2,8,13-17H2,1H3,(H,24,27). The van der Waals surface area contributed by atoms with Crippen molar-refractivity contribution >= 4 is 28.7 Å². The van der Waals surface area contributed by atoms with Crippen LogP contribution in [0.5, 0.6) is 0 Å². The molecule has 0 spiro atoms. The Kier molecular flexibility index (Phi) is 7.90. The van der Waals surface area contributed by atoms with Crippen molar-refractivity contribution in [2.75, 3.05) is 18.1 Å². The Hall–Kier alpha value is -2.80. The van der Waals surface area contributed by atoms with E-state index < -0.39 is 11.1 Å². The molecule has 0 aliphatic heterocycles. The summed E-state index contributed by atoms with van der Waals surface area (Å²) < 4.78 is 2.76. The van der Waals surface area contributed by atoms with Gasteiger partial charge in [-0.2, -0.15) is 11.8 Å². The van der Waals surface area contributed by atoms with Gasteiger partial charge in [-0.15, -0.1) is 0 Å². The van der Waals surface area contributed by atoms with Gasteiger partial charge in [-0.1, -0.05) is 49.4 Å². The predicted octanol–water partition coefficient (Wildman–Crippen LogP) is 2.86. The molecule has 1 N–H and O–H groups in total. The maximum Gasteiger partial charge on any atom is 0.317 e. The average Bonchev–Trinajstić information content (AvgIpc) is 2.77. The zero-order valence-corrected chi connectivity index (χ0v) is 18.0. The number of thioether (sulfide) groups is 1. The molecule has 158 valence electrons. The zero-order valence-electron chi connectivity index (χ0n) is 17.2. The van der Waals surface area contributed by atoms with E-state index in [-0.39, 0.29) is 12.5 Å². The van der Waals surface area contributed by atoms with Crippen LogP contribution in [0.3, 0.4) is 0 Å². The third-order valence-electron chi connectivity index (χ3n) is 4.76. The Bertz CT molecular complexity index is 1110. The van der Waals surface area contributed by atoms with E-state index in [1.54, 1.807) is 18.2 Å². The lowest BCUT2D eigenvalue weighted by Crippen LogP contribution is -2.44. The molecule has 0 fully saturated rings. The Morgan fingerprint density at radius 1 is 0.900 bits per heavy atom. The van der Waals surface area contributed by atoms with Crippen LogP contribution in [0.1, 0.15) is 25.3 Å². The number of carbonyl (C=O) groups excluding carboxylic acids is 1. The summed E-state index contributed by atoms with van der Waals surface area (Å²) in [5.41, 5.74) is 0.835. The number of hydrogen-bond acceptors (Lipinski definition) is 4. The summed E-state index contributed by atoms with van der Waals surface area (Å²) in [5, 5.41) is 2.85. The summed E-state index contributed by atoms with van der Waals surface area (Å²) in [4.78, 5) is 38.1. The van der Waals surface area contributed by atoms with Gasteiger partial charge in [0, 0.05) is 6.54 Å². The fraction of sp³-hybridized carbons (Fsp3) is 0.348. The zero-order chi connectivity index (χ0) is 21.3. The first-order chi connectivity index (χ1) is 14.6. The number of carbonyl (C=O) groups is 1. The summed E-state index contributed by atoms with van der Waals surface area (Å²) in [5.74, 6) is 1.85. The minimum absolute atomic E-state index is 0.164. The Balaban J connectivity index is 1.82. The van der Waals surface area contributed by atoms with Crippen molar-refractivity contribution < 1.29 is 4.79 Å². The van der Waals surface area contributed by atoms with Crippen molar-refractivity contribution in [2.45, 2.75) is 32.9 Å². The van der Waals surface area contributed by atoms with E-state index in [0.717, 1.165) is 29.9 Å². The van der Waals surface area contributed by atoms with Crippen molar-refractivity contribution in [2.24, 2.45) is 0 Å². The molecule has 1 amide bonds. The molecule has 7 heteroatoms. The van der Waals surface area contributed by atoms with Gasteiger partial charge in [-0.3, -0.25) is 23.5 Å². The second-order valence-corrected chi connectivity index (χ2v) is 8.30. The number of amides is 1. The van der Waals surface area contributed by atoms with Crippen LogP contribution in [0.15, 0.2) is 64.2 Å². The highest BCUT2D eigenvalue weighted by molar-refractivity contribution is 7.99. The molecule has 0 saturated heterocycles. The van der Waals surface area contributed by atoms with Crippen LogP contribution in [0.4, 0.5) is 0 Å². The Morgan fingerprint density at radius 2 is 1.53 bits per heavy atom. The third-order valence-corrected chi connectivity index (χ3v) is 6.03. The number of para-hydroxylation sites is 2. The molecule has 0 saturated carbocycles. The van der Waals surface area contributed by atoms with Gasteiger partial charge in [-0.05, 0) is 42.0 Å². The van der Waals surface area contributed by atoms with Crippen LogP contribution in [0, 0.1) is 0 Å². The van der Waals surface area contributed by atoms with E-state index in [4.69, 9.17) is 0 Å². The fourth-order valence-corrected chi connectivity index (χ4v) is 4.14. The predicted molar refractivity (Wildman–Crippen MR) is 123 cm³/mol. The molecular formula is C23H27N3O3S. The monoisotopic (exact) mass is 425 g/mol. The highest BCUT2D eigenvalue weighted by Crippen LogP contribution is 2.12. The maximum atomic E-state index is 12.8. The van der Waals surface area contributed by atoms with Gasteiger partial charge in [0.1, 0.15) is 6.54 Å². The van der Waals surface area contributed by atoms with Crippen LogP contribution in [0.2, 0.25) is 0 Å². The van der Waals surface area contributed by atoms with Crippen LogP contribution in [-0.2, 0) is 17.9 Å². The highest BCUT2D eigenvalue weighted by atomic mass is 32.2. The van der Waals surface area contributed by atoms with Gasteiger partial charge in [-0.25, -0.2) is 0 Å². The molecule has 0 unspecified atom stereocenters. The lowest BCUT2D eigenvalue weighted by atomic mass is 10.2.